The van der Waals surface area contributed by atoms with E-state index < -0.39 is 0 Å². The van der Waals surface area contributed by atoms with Crippen molar-refractivity contribution in [3.63, 3.8) is 0 Å². The molecule has 2 rings (SSSR count). The Morgan fingerprint density at radius 1 is 1.08 bits per heavy atom. The smallest absolute Gasteiger partial charge is 0.240 e. The molecule has 2 aromatic rings. The standard InChI is InChI=1S/C18H18Cl2N2O2/c1-12(14-6-4-3-5-7-14)21-18(24)11-22(13(2)23)15-8-9-16(19)17(20)10-15/h3-10,12H,11H2,1-2H3,(H,21,24). The highest BCUT2D eigenvalue weighted by Crippen LogP contribution is 2.27. The van der Waals surface area contributed by atoms with Crippen LogP contribution in [0.1, 0.15) is 25.5 Å². The molecule has 0 aliphatic heterocycles. The van der Waals surface area contributed by atoms with E-state index in [1.807, 2.05) is 37.3 Å². The van der Waals surface area contributed by atoms with Crippen LogP contribution in [0.2, 0.25) is 10.0 Å². The van der Waals surface area contributed by atoms with E-state index in [0.29, 0.717) is 15.7 Å². The molecule has 0 heterocycles. The second kappa shape index (κ2) is 8.18. The summed E-state index contributed by atoms with van der Waals surface area (Å²) in [5, 5.41) is 3.61. The molecule has 0 radical (unpaired) electrons. The monoisotopic (exact) mass is 364 g/mol. The Kier molecular flexibility index (Phi) is 6.23. The van der Waals surface area contributed by atoms with Gasteiger partial charge in [0, 0.05) is 12.6 Å². The van der Waals surface area contributed by atoms with Gasteiger partial charge in [0.15, 0.2) is 0 Å². The Balaban J connectivity index is 2.08. The summed E-state index contributed by atoms with van der Waals surface area (Å²) in [7, 11) is 0. The number of nitrogens with one attached hydrogen (secondary N) is 1. The summed E-state index contributed by atoms with van der Waals surface area (Å²) in [6.45, 7) is 3.20. The molecule has 0 saturated heterocycles. The molecule has 24 heavy (non-hydrogen) atoms. The summed E-state index contributed by atoms with van der Waals surface area (Å²) in [5.74, 6) is -0.511. The zero-order valence-corrected chi connectivity index (χ0v) is 14.9. The molecule has 1 atom stereocenters. The van der Waals surface area contributed by atoms with Crippen LogP contribution in [-0.2, 0) is 9.59 Å². The molecule has 0 aromatic heterocycles. The minimum Gasteiger partial charge on any atom is -0.348 e. The predicted molar refractivity (Wildman–Crippen MR) is 97.5 cm³/mol. The molecule has 2 aromatic carbocycles. The van der Waals surface area contributed by atoms with Crippen molar-refractivity contribution in [2.75, 3.05) is 11.4 Å². The van der Waals surface area contributed by atoms with Crippen molar-refractivity contribution in [1.82, 2.24) is 5.32 Å². The highest BCUT2D eigenvalue weighted by molar-refractivity contribution is 6.42. The Morgan fingerprint density at radius 2 is 1.75 bits per heavy atom. The van der Waals surface area contributed by atoms with Gasteiger partial charge in [-0.15, -0.1) is 0 Å². The van der Waals surface area contributed by atoms with Crippen LogP contribution in [0, 0.1) is 0 Å². The van der Waals surface area contributed by atoms with Crippen molar-refractivity contribution in [2.45, 2.75) is 19.9 Å². The van der Waals surface area contributed by atoms with E-state index in [9.17, 15) is 9.59 Å². The molecule has 0 fully saturated rings. The normalized spacial score (nSPS) is 11.7. The number of anilines is 1. The average Bonchev–Trinajstić information content (AvgIpc) is 2.56. The Hall–Kier alpha value is -2.04. The molecule has 6 heteroatoms. The van der Waals surface area contributed by atoms with Gasteiger partial charge in [0.2, 0.25) is 11.8 Å². The maximum Gasteiger partial charge on any atom is 0.240 e. The zero-order chi connectivity index (χ0) is 17.7. The van der Waals surface area contributed by atoms with Crippen molar-refractivity contribution >= 4 is 40.7 Å². The maximum atomic E-state index is 12.3. The molecule has 0 spiro atoms. The lowest BCUT2D eigenvalue weighted by Gasteiger charge is -2.22. The molecule has 126 valence electrons. The molecule has 4 nitrogen and oxygen atoms in total. The highest BCUT2D eigenvalue weighted by atomic mass is 35.5. The van der Waals surface area contributed by atoms with Crippen molar-refractivity contribution < 1.29 is 9.59 Å². The van der Waals surface area contributed by atoms with Crippen LogP contribution in [-0.4, -0.2) is 18.4 Å². The maximum absolute atomic E-state index is 12.3. The SMILES string of the molecule is CC(=O)N(CC(=O)NC(C)c1ccccc1)c1ccc(Cl)c(Cl)c1. The number of rotatable bonds is 5. The van der Waals surface area contributed by atoms with E-state index in [4.69, 9.17) is 23.2 Å². The second-order valence-corrected chi connectivity index (χ2v) is 6.22. The van der Waals surface area contributed by atoms with Crippen LogP contribution in [0.15, 0.2) is 48.5 Å². The van der Waals surface area contributed by atoms with E-state index in [-0.39, 0.29) is 24.4 Å². The summed E-state index contributed by atoms with van der Waals surface area (Å²) in [6, 6.07) is 14.3. The lowest BCUT2D eigenvalue weighted by atomic mass is 10.1. The van der Waals surface area contributed by atoms with E-state index in [1.165, 1.54) is 11.8 Å². The lowest BCUT2D eigenvalue weighted by molar-refractivity contribution is -0.123. The quantitative estimate of drug-likeness (QED) is 0.862. The molecule has 1 N–H and O–H groups in total. The first kappa shape index (κ1) is 18.3. The Bertz CT molecular complexity index is 735. The van der Waals surface area contributed by atoms with Gasteiger partial charge in [-0.1, -0.05) is 53.5 Å². The van der Waals surface area contributed by atoms with Crippen LogP contribution in [0.3, 0.4) is 0 Å². The van der Waals surface area contributed by atoms with Crippen molar-refractivity contribution in [2.24, 2.45) is 0 Å². The van der Waals surface area contributed by atoms with Crippen molar-refractivity contribution in [3.8, 4) is 0 Å². The van der Waals surface area contributed by atoms with Gasteiger partial charge < -0.3 is 10.2 Å². The lowest BCUT2D eigenvalue weighted by Crippen LogP contribution is -2.40. The number of nitrogens with zero attached hydrogens (tertiary/aromatic N) is 1. The number of benzene rings is 2. The largest absolute Gasteiger partial charge is 0.348 e. The first-order valence-corrected chi connectivity index (χ1v) is 8.21. The van der Waals surface area contributed by atoms with Gasteiger partial charge in [-0.2, -0.15) is 0 Å². The number of amides is 2. The topological polar surface area (TPSA) is 49.4 Å². The zero-order valence-electron chi connectivity index (χ0n) is 13.4. The van der Waals surface area contributed by atoms with Gasteiger partial charge in [0.25, 0.3) is 0 Å². The molecule has 0 bridgehead atoms. The molecule has 0 aliphatic carbocycles. The Morgan fingerprint density at radius 3 is 2.33 bits per heavy atom. The fourth-order valence-corrected chi connectivity index (χ4v) is 2.59. The molecule has 0 aliphatic rings. The fraction of sp³-hybridized carbons (Fsp3) is 0.222. The summed E-state index contributed by atoms with van der Waals surface area (Å²) >= 11 is 11.9. The van der Waals surface area contributed by atoms with Crippen LogP contribution in [0.5, 0.6) is 0 Å². The third kappa shape index (κ3) is 4.73. The molecule has 2 amide bonds. The van der Waals surface area contributed by atoms with Crippen LogP contribution in [0.25, 0.3) is 0 Å². The van der Waals surface area contributed by atoms with Crippen LogP contribution >= 0.6 is 23.2 Å². The van der Waals surface area contributed by atoms with Crippen LogP contribution in [0.4, 0.5) is 5.69 Å². The first-order valence-electron chi connectivity index (χ1n) is 7.46. The van der Waals surface area contributed by atoms with Crippen LogP contribution < -0.4 is 10.2 Å². The number of hydrogen-bond acceptors (Lipinski definition) is 2. The average molecular weight is 365 g/mol. The third-order valence-corrected chi connectivity index (χ3v) is 4.31. The van der Waals surface area contributed by atoms with Gasteiger partial charge >= 0.3 is 0 Å². The van der Waals surface area contributed by atoms with Crippen molar-refractivity contribution in [1.29, 1.82) is 0 Å². The second-order valence-electron chi connectivity index (χ2n) is 5.40. The van der Waals surface area contributed by atoms with E-state index in [2.05, 4.69) is 5.32 Å². The minimum absolute atomic E-state index is 0.0928. The van der Waals surface area contributed by atoms with Gasteiger partial charge in [-0.3, -0.25) is 9.59 Å². The van der Waals surface area contributed by atoms with Gasteiger partial charge in [0.1, 0.15) is 6.54 Å². The minimum atomic E-state index is -0.257. The summed E-state index contributed by atoms with van der Waals surface area (Å²) in [6.07, 6.45) is 0. The highest BCUT2D eigenvalue weighted by Gasteiger charge is 2.18. The van der Waals surface area contributed by atoms with E-state index in [1.54, 1.807) is 18.2 Å². The summed E-state index contributed by atoms with van der Waals surface area (Å²) in [4.78, 5) is 25.6. The summed E-state index contributed by atoms with van der Waals surface area (Å²) in [5.41, 5.74) is 1.52. The molecular formula is C18H18Cl2N2O2. The van der Waals surface area contributed by atoms with Gasteiger partial charge in [0.05, 0.1) is 16.1 Å². The van der Waals surface area contributed by atoms with Crippen molar-refractivity contribution in [3.05, 3.63) is 64.1 Å². The third-order valence-electron chi connectivity index (χ3n) is 3.57. The summed E-state index contributed by atoms with van der Waals surface area (Å²) < 4.78 is 0. The molecular weight excluding hydrogens is 347 g/mol. The van der Waals surface area contributed by atoms with E-state index in [0.717, 1.165) is 5.56 Å². The van der Waals surface area contributed by atoms with Gasteiger partial charge in [-0.25, -0.2) is 0 Å². The van der Waals surface area contributed by atoms with Gasteiger partial charge in [-0.05, 0) is 30.7 Å². The number of carbonyl (C=O) groups is 2. The fourth-order valence-electron chi connectivity index (χ4n) is 2.29. The Labute approximate surface area is 151 Å². The molecule has 1 unspecified atom stereocenters. The molecule has 0 saturated carbocycles. The number of carbonyl (C=O) groups excluding carboxylic acids is 2. The number of halogens is 2. The number of hydrogen-bond donors (Lipinski definition) is 1. The predicted octanol–water partition coefficient (Wildman–Crippen LogP) is 4.22. The van der Waals surface area contributed by atoms with E-state index >= 15 is 0 Å². The first-order chi connectivity index (χ1) is 11.4.